The number of rotatable bonds is 2. The Hall–Kier alpha value is -1.25. The lowest BCUT2D eigenvalue weighted by atomic mass is 10.2. The molecule has 0 saturated heterocycles. The zero-order valence-corrected chi connectivity index (χ0v) is 7.59. The Morgan fingerprint density at radius 1 is 1.58 bits per heavy atom. The van der Waals surface area contributed by atoms with Crippen LogP contribution in [0.3, 0.4) is 0 Å². The van der Waals surface area contributed by atoms with Crippen LogP contribution in [-0.4, -0.2) is 15.6 Å². The van der Waals surface area contributed by atoms with E-state index in [1.165, 1.54) is 0 Å². The molecule has 0 aliphatic carbocycles. The fourth-order valence-electron chi connectivity index (χ4n) is 1.50. The summed E-state index contributed by atoms with van der Waals surface area (Å²) in [6, 6.07) is 1.71. The van der Waals surface area contributed by atoms with E-state index in [-0.39, 0.29) is 0 Å². The van der Waals surface area contributed by atoms with Crippen LogP contribution in [0.1, 0.15) is 28.7 Å². The van der Waals surface area contributed by atoms with E-state index in [1.54, 1.807) is 6.07 Å². The van der Waals surface area contributed by atoms with Crippen molar-refractivity contribution in [2.45, 2.75) is 27.3 Å². The van der Waals surface area contributed by atoms with E-state index in [0.29, 0.717) is 5.56 Å². The Morgan fingerprint density at radius 3 is 2.42 bits per heavy atom. The van der Waals surface area contributed by atoms with Crippen molar-refractivity contribution in [1.82, 2.24) is 4.57 Å². The number of carboxylic acid groups (broad SMARTS) is 1. The van der Waals surface area contributed by atoms with Crippen molar-refractivity contribution in [2.75, 3.05) is 0 Å². The summed E-state index contributed by atoms with van der Waals surface area (Å²) in [7, 11) is 0. The van der Waals surface area contributed by atoms with Crippen molar-refractivity contribution < 1.29 is 9.90 Å². The smallest absolute Gasteiger partial charge is 0.337 e. The Morgan fingerprint density at radius 2 is 2.17 bits per heavy atom. The van der Waals surface area contributed by atoms with Crippen LogP contribution < -0.4 is 0 Å². The molecule has 12 heavy (non-hydrogen) atoms. The number of aromatic nitrogens is 1. The van der Waals surface area contributed by atoms with Crippen LogP contribution in [0.15, 0.2) is 6.07 Å². The second-order valence-corrected chi connectivity index (χ2v) is 2.83. The number of aromatic carboxylic acids is 1. The summed E-state index contributed by atoms with van der Waals surface area (Å²) in [5, 5.41) is 8.79. The molecule has 0 radical (unpaired) electrons. The molecule has 1 aromatic rings. The van der Waals surface area contributed by atoms with Gasteiger partial charge in [-0.05, 0) is 26.8 Å². The second-order valence-electron chi connectivity index (χ2n) is 2.83. The number of carboxylic acids is 1. The normalized spacial score (nSPS) is 10.2. The van der Waals surface area contributed by atoms with Crippen LogP contribution in [0.2, 0.25) is 0 Å². The molecule has 0 fully saturated rings. The highest BCUT2D eigenvalue weighted by Gasteiger charge is 2.12. The largest absolute Gasteiger partial charge is 0.478 e. The maximum atomic E-state index is 10.7. The lowest BCUT2D eigenvalue weighted by Gasteiger charge is -2.03. The quantitative estimate of drug-likeness (QED) is 0.730. The van der Waals surface area contributed by atoms with E-state index in [4.69, 9.17) is 5.11 Å². The van der Waals surface area contributed by atoms with Crippen molar-refractivity contribution >= 4 is 5.97 Å². The van der Waals surface area contributed by atoms with Gasteiger partial charge in [-0.3, -0.25) is 0 Å². The monoisotopic (exact) mass is 167 g/mol. The van der Waals surface area contributed by atoms with Gasteiger partial charge in [0.25, 0.3) is 0 Å². The maximum absolute atomic E-state index is 10.7. The first-order chi connectivity index (χ1) is 5.57. The van der Waals surface area contributed by atoms with E-state index in [2.05, 4.69) is 0 Å². The summed E-state index contributed by atoms with van der Waals surface area (Å²) in [5.74, 6) is -0.845. The summed E-state index contributed by atoms with van der Waals surface area (Å²) in [4.78, 5) is 10.7. The predicted molar refractivity (Wildman–Crippen MR) is 46.5 cm³/mol. The van der Waals surface area contributed by atoms with E-state index in [0.717, 1.165) is 17.9 Å². The number of carbonyl (C=O) groups is 1. The van der Waals surface area contributed by atoms with Gasteiger partial charge in [-0.15, -0.1) is 0 Å². The molecule has 0 bridgehead atoms. The van der Waals surface area contributed by atoms with Crippen molar-refractivity contribution in [2.24, 2.45) is 0 Å². The fraction of sp³-hybridized carbons (Fsp3) is 0.444. The van der Waals surface area contributed by atoms with Gasteiger partial charge < -0.3 is 9.67 Å². The first kappa shape index (κ1) is 8.84. The SMILES string of the molecule is CCn1c(C)cc(C(=O)O)c1C. The minimum absolute atomic E-state index is 0.411. The maximum Gasteiger partial charge on any atom is 0.337 e. The number of hydrogen-bond acceptors (Lipinski definition) is 1. The molecule has 0 aliphatic heterocycles. The molecule has 1 aromatic heterocycles. The zero-order valence-electron chi connectivity index (χ0n) is 7.59. The summed E-state index contributed by atoms with van der Waals surface area (Å²) in [5.41, 5.74) is 2.25. The summed E-state index contributed by atoms with van der Waals surface area (Å²) < 4.78 is 1.99. The van der Waals surface area contributed by atoms with E-state index < -0.39 is 5.97 Å². The first-order valence-electron chi connectivity index (χ1n) is 3.98. The summed E-state index contributed by atoms with van der Waals surface area (Å²) in [6.07, 6.45) is 0. The minimum Gasteiger partial charge on any atom is -0.478 e. The molecule has 0 saturated carbocycles. The van der Waals surface area contributed by atoms with Crippen molar-refractivity contribution in [1.29, 1.82) is 0 Å². The molecule has 1 rings (SSSR count). The van der Waals surface area contributed by atoms with Crippen molar-refractivity contribution in [3.8, 4) is 0 Å². The zero-order chi connectivity index (χ0) is 9.30. The van der Waals surface area contributed by atoms with Gasteiger partial charge in [0.1, 0.15) is 0 Å². The van der Waals surface area contributed by atoms with Crippen LogP contribution in [-0.2, 0) is 6.54 Å². The third kappa shape index (κ3) is 1.22. The van der Waals surface area contributed by atoms with Gasteiger partial charge in [-0.1, -0.05) is 0 Å². The lowest BCUT2D eigenvalue weighted by Crippen LogP contribution is -2.02. The Balaban J connectivity index is 3.26. The molecule has 3 nitrogen and oxygen atoms in total. The molecular weight excluding hydrogens is 154 g/mol. The average Bonchev–Trinajstić information content (AvgIpc) is 2.27. The highest BCUT2D eigenvalue weighted by molar-refractivity contribution is 5.89. The van der Waals surface area contributed by atoms with Gasteiger partial charge in [0.2, 0.25) is 0 Å². The summed E-state index contributed by atoms with van der Waals surface area (Å²) >= 11 is 0. The molecule has 0 atom stereocenters. The molecule has 0 amide bonds. The standard InChI is InChI=1S/C9H13NO2/c1-4-10-6(2)5-8(7(10)3)9(11)12/h5H,4H2,1-3H3,(H,11,12). The van der Waals surface area contributed by atoms with Crippen molar-refractivity contribution in [3.63, 3.8) is 0 Å². The molecule has 0 aliphatic rings. The van der Waals surface area contributed by atoms with Gasteiger partial charge in [0, 0.05) is 17.9 Å². The summed E-state index contributed by atoms with van der Waals surface area (Å²) in [6.45, 7) is 6.58. The number of nitrogens with zero attached hydrogens (tertiary/aromatic N) is 1. The van der Waals surface area contributed by atoms with Gasteiger partial charge >= 0.3 is 5.97 Å². The number of hydrogen-bond donors (Lipinski definition) is 1. The molecule has 66 valence electrons. The van der Waals surface area contributed by atoms with Crippen LogP contribution >= 0.6 is 0 Å². The molecule has 0 aromatic carbocycles. The van der Waals surface area contributed by atoms with E-state index in [1.807, 2.05) is 25.3 Å². The fourth-order valence-corrected chi connectivity index (χ4v) is 1.50. The number of aryl methyl sites for hydroxylation is 1. The van der Waals surface area contributed by atoms with Crippen LogP contribution in [0.5, 0.6) is 0 Å². The second kappa shape index (κ2) is 3.01. The lowest BCUT2D eigenvalue weighted by molar-refractivity contribution is 0.0696. The molecule has 1 N–H and O–H groups in total. The van der Waals surface area contributed by atoms with Gasteiger partial charge in [0.15, 0.2) is 0 Å². The molecule has 0 spiro atoms. The topological polar surface area (TPSA) is 42.2 Å². The van der Waals surface area contributed by atoms with E-state index >= 15 is 0 Å². The Bertz CT molecular complexity index is 313. The molecule has 3 heteroatoms. The third-order valence-electron chi connectivity index (χ3n) is 2.12. The van der Waals surface area contributed by atoms with Gasteiger partial charge in [-0.25, -0.2) is 4.79 Å². The van der Waals surface area contributed by atoms with Gasteiger partial charge in [-0.2, -0.15) is 0 Å². The molecule has 0 unspecified atom stereocenters. The van der Waals surface area contributed by atoms with Crippen LogP contribution in [0, 0.1) is 13.8 Å². The highest BCUT2D eigenvalue weighted by atomic mass is 16.4. The first-order valence-corrected chi connectivity index (χ1v) is 3.98. The van der Waals surface area contributed by atoms with Crippen LogP contribution in [0.25, 0.3) is 0 Å². The predicted octanol–water partition coefficient (Wildman–Crippen LogP) is 1.82. The van der Waals surface area contributed by atoms with E-state index in [9.17, 15) is 4.79 Å². The third-order valence-corrected chi connectivity index (χ3v) is 2.12. The van der Waals surface area contributed by atoms with Crippen LogP contribution in [0.4, 0.5) is 0 Å². The average molecular weight is 167 g/mol. The van der Waals surface area contributed by atoms with Gasteiger partial charge in [0.05, 0.1) is 5.56 Å². The Kier molecular flexibility index (Phi) is 2.22. The molecule has 1 heterocycles. The minimum atomic E-state index is -0.845. The molecular formula is C9H13NO2. The Labute approximate surface area is 71.6 Å². The highest BCUT2D eigenvalue weighted by Crippen LogP contribution is 2.14. The van der Waals surface area contributed by atoms with Crippen molar-refractivity contribution in [3.05, 3.63) is 23.0 Å².